The molecule has 0 aromatic heterocycles. The van der Waals surface area contributed by atoms with Gasteiger partial charge in [-0.05, 0) is 81.9 Å². The molecule has 0 aliphatic carbocycles. The maximum atomic E-state index is 13.3. The average molecular weight is 610 g/mol. The van der Waals surface area contributed by atoms with Crippen LogP contribution in [-0.4, -0.2) is 93.5 Å². The van der Waals surface area contributed by atoms with Crippen molar-refractivity contribution >= 4 is 26.0 Å². The second-order valence-corrected chi connectivity index (χ2v) is 13.9. The Kier molecular flexibility index (Phi) is 10.3. The standard InChI is InChI=1S/C28H39N3O8S2/c1-3-12-29(13-4-5-14-30-15-7-16-31(20-28(30)32)41(35,36)37)22(2)17-23-8-6-9-24(18-23)40(33,34)25-10-11-26-27(19-25)39-21-38-26/h6,8-11,18-19,22H,3-5,7,12-17,20-21H2,1-2H3,(H,35,36,37). The molecule has 226 valence electrons. The number of fused-ring (bicyclic) bond motifs is 1. The first kappa shape index (κ1) is 31.2. The van der Waals surface area contributed by atoms with E-state index in [0.717, 1.165) is 42.2 Å². The van der Waals surface area contributed by atoms with Crippen LogP contribution in [0, 0.1) is 0 Å². The predicted octanol–water partition coefficient (Wildman–Crippen LogP) is 3.01. The normalized spacial score (nSPS) is 17.2. The molecule has 1 N–H and O–H groups in total. The molecule has 4 rings (SSSR count). The van der Waals surface area contributed by atoms with E-state index in [0.29, 0.717) is 37.4 Å². The van der Waals surface area contributed by atoms with Gasteiger partial charge in [-0.2, -0.15) is 12.7 Å². The van der Waals surface area contributed by atoms with Gasteiger partial charge in [0.25, 0.3) is 0 Å². The summed E-state index contributed by atoms with van der Waals surface area (Å²) in [5, 5.41) is 0. The second-order valence-electron chi connectivity index (χ2n) is 10.5. The monoisotopic (exact) mass is 609 g/mol. The Balaban J connectivity index is 1.33. The summed E-state index contributed by atoms with van der Waals surface area (Å²) in [6.07, 6.45) is 3.76. The molecule has 0 radical (unpaired) electrons. The van der Waals surface area contributed by atoms with Gasteiger partial charge in [-0.1, -0.05) is 19.1 Å². The quantitative estimate of drug-likeness (QED) is 0.269. The molecular weight excluding hydrogens is 570 g/mol. The van der Waals surface area contributed by atoms with E-state index in [2.05, 4.69) is 18.7 Å². The first-order valence-corrected chi connectivity index (χ1v) is 16.8. The number of carbonyl (C=O) groups is 1. The zero-order valence-electron chi connectivity index (χ0n) is 23.6. The third-order valence-corrected chi connectivity index (χ3v) is 10.2. The van der Waals surface area contributed by atoms with Gasteiger partial charge in [0.1, 0.15) is 0 Å². The van der Waals surface area contributed by atoms with Gasteiger partial charge < -0.3 is 19.3 Å². The first-order valence-electron chi connectivity index (χ1n) is 14.0. The molecular formula is C28H39N3O8S2. The highest BCUT2D eigenvalue weighted by atomic mass is 32.2. The fraction of sp³-hybridized carbons (Fsp3) is 0.536. The third kappa shape index (κ3) is 7.98. The van der Waals surface area contributed by atoms with E-state index < -0.39 is 20.1 Å². The summed E-state index contributed by atoms with van der Waals surface area (Å²) in [5.41, 5.74) is 0.930. The van der Waals surface area contributed by atoms with Crippen LogP contribution in [0.5, 0.6) is 11.5 Å². The van der Waals surface area contributed by atoms with Crippen molar-refractivity contribution < 1.29 is 35.7 Å². The Bertz CT molecular complexity index is 1430. The van der Waals surface area contributed by atoms with Crippen LogP contribution < -0.4 is 9.47 Å². The van der Waals surface area contributed by atoms with Crippen molar-refractivity contribution in [2.75, 3.05) is 46.1 Å². The maximum Gasteiger partial charge on any atom is 0.336 e. The van der Waals surface area contributed by atoms with E-state index in [1.807, 2.05) is 6.07 Å². The minimum atomic E-state index is -4.38. The Labute approximate surface area is 242 Å². The molecule has 11 nitrogen and oxygen atoms in total. The Morgan fingerprint density at radius 3 is 2.49 bits per heavy atom. The van der Waals surface area contributed by atoms with Crippen molar-refractivity contribution in [1.29, 1.82) is 0 Å². The zero-order chi connectivity index (χ0) is 29.6. The number of ether oxygens (including phenoxy) is 2. The molecule has 1 saturated heterocycles. The highest BCUT2D eigenvalue weighted by molar-refractivity contribution is 7.91. The number of carbonyl (C=O) groups excluding carboxylic acids is 1. The van der Waals surface area contributed by atoms with E-state index in [-0.39, 0.29) is 41.6 Å². The summed E-state index contributed by atoms with van der Waals surface area (Å²) >= 11 is 0. The van der Waals surface area contributed by atoms with Crippen molar-refractivity contribution in [2.45, 2.75) is 61.8 Å². The molecule has 41 heavy (non-hydrogen) atoms. The molecule has 0 spiro atoms. The zero-order valence-corrected chi connectivity index (χ0v) is 25.2. The fourth-order valence-electron chi connectivity index (χ4n) is 5.27. The molecule has 1 fully saturated rings. The van der Waals surface area contributed by atoms with E-state index >= 15 is 0 Å². The van der Waals surface area contributed by atoms with Crippen LogP contribution in [0.2, 0.25) is 0 Å². The van der Waals surface area contributed by atoms with E-state index in [4.69, 9.17) is 9.47 Å². The number of rotatable bonds is 13. The summed E-state index contributed by atoms with van der Waals surface area (Å²) in [6.45, 7) is 6.84. The van der Waals surface area contributed by atoms with Crippen molar-refractivity contribution in [3.8, 4) is 11.5 Å². The molecule has 0 saturated carbocycles. The molecule has 2 aromatic carbocycles. The van der Waals surface area contributed by atoms with Crippen molar-refractivity contribution in [2.24, 2.45) is 0 Å². The Morgan fingerprint density at radius 1 is 0.976 bits per heavy atom. The summed E-state index contributed by atoms with van der Waals surface area (Å²) in [5.74, 6) is 0.658. The molecule has 1 atom stereocenters. The molecule has 13 heteroatoms. The lowest BCUT2D eigenvalue weighted by Crippen LogP contribution is -2.40. The number of benzene rings is 2. The molecule has 2 heterocycles. The highest BCUT2D eigenvalue weighted by Gasteiger charge is 2.28. The molecule has 1 amide bonds. The maximum absolute atomic E-state index is 13.3. The van der Waals surface area contributed by atoms with Gasteiger partial charge in [0.2, 0.25) is 22.5 Å². The van der Waals surface area contributed by atoms with Gasteiger partial charge in [-0.15, -0.1) is 0 Å². The number of sulfone groups is 1. The summed E-state index contributed by atoms with van der Waals surface area (Å²) in [4.78, 5) is 16.9. The molecule has 2 aromatic rings. The number of hydrogen-bond acceptors (Lipinski definition) is 8. The Hall–Kier alpha value is -2.71. The molecule has 0 bridgehead atoms. The van der Waals surface area contributed by atoms with Gasteiger partial charge in [-0.25, -0.2) is 8.42 Å². The van der Waals surface area contributed by atoms with E-state index in [1.54, 1.807) is 29.2 Å². The molecule has 1 unspecified atom stereocenters. The predicted molar refractivity (Wildman–Crippen MR) is 153 cm³/mol. The topological polar surface area (TPSA) is 134 Å². The van der Waals surface area contributed by atoms with Gasteiger partial charge in [-0.3, -0.25) is 9.35 Å². The van der Waals surface area contributed by atoms with Crippen LogP contribution in [0.3, 0.4) is 0 Å². The number of nitrogens with zero attached hydrogens (tertiary/aromatic N) is 3. The van der Waals surface area contributed by atoms with Crippen molar-refractivity contribution in [1.82, 2.24) is 14.1 Å². The van der Waals surface area contributed by atoms with Crippen LogP contribution in [0.15, 0.2) is 52.3 Å². The minimum absolute atomic E-state index is 0.0760. The summed E-state index contributed by atoms with van der Waals surface area (Å²) in [6, 6.07) is 11.9. The van der Waals surface area contributed by atoms with Crippen LogP contribution in [0.4, 0.5) is 0 Å². The first-order chi connectivity index (χ1) is 19.5. The van der Waals surface area contributed by atoms with Crippen LogP contribution in [0.25, 0.3) is 0 Å². The number of unbranched alkanes of at least 4 members (excludes halogenated alkanes) is 1. The van der Waals surface area contributed by atoms with Gasteiger partial charge in [0.15, 0.2) is 11.5 Å². The van der Waals surface area contributed by atoms with Crippen molar-refractivity contribution in [3.05, 3.63) is 48.0 Å². The molecule has 2 aliphatic rings. The van der Waals surface area contributed by atoms with Gasteiger partial charge >= 0.3 is 10.3 Å². The lowest BCUT2D eigenvalue weighted by atomic mass is 10.1. The van der Waals surface area contributed by atoms with E-state index in [1.165, 1.54) is 12.1 Å². The lowest BCUT2D eigenvalue weighted by Gasteiger charge is -2.29. The smallest absolute Gasteiger partial charge is 0.336 e. The summed E-state index contributed by atoms with van der Waals surface area (Å²) in [7, 11) is -8.10. The van der Waals surface area contributed by atoms with Gasteiger partial charge in [0.05, 0.1) is 16.3 Å². The van der Waals surface area contributed by atoms with Gasteiger partial charge in [0, 0.05) is 31.7 Å². The number of hydrogen-bond donors (Lipinski definition) is 1. The highest BCUT2D eigenvalue weighted by Crippen LogP contribution is 2.35. The van der Waals surface area contributed by atoms with Crippen LogP contribution in [-0.2, 0) is 31.4 Å². The SMILES string of the molecule is CCCN(CCCCN1CCCN(S(=O)(=O)O)CC1=O)C(C)Cc1cccc(S(=O)(=O)c2ccc3c(c2)OCO3)c1. The van der Waals surface area contributed by atoms with E-state index in [9.17, 15) is 26.2 Å². The minimum Gasteiger partial charge on any atom is -0.454 e. The average Bonchev–Trinajstić information content (AvgIpc) is 3.32. The van der Waals surface area contributed by atoms with Crippen molar-refractivity contribution in [3.63, 3.8) is 0 Å². The fourth-order valence-corrected chi connectivity index (χ4v) is 7.25. The largest absolute Gasteiger partial charge is 0.454 e. The second kappa shape index (κ2) is 13.5. The third-order valence-electron chi connectivity index (χ3n) is 7.48. The number of amides is 1. The Morgan fingerprint density at radius 2 is 1.73 bits per heavy atom. The lowest BCUT2D eigenvalue weighted by molar-refractivity contribution is -0.130. The molecule has 2 aliphatic heterocycles. The van der Waals surface area contributed by atoms with Crippen LogP contribution in [0.1, 0.15) is 45.1 Å². The summed E-state index contributed by atoms with van der Waals surface area (Å²) < 4.78 is 70.3. The van der Waals surface area contributed by atoms with Crippen LogP contribution >= 0.6 is 0 Å².